The summed E-state index contributed by atoms with van der Waals surface area (Å²) in [6, 6.07) is 2.44. The van der Waals surface area contributed by atoms with Crippen molar-refractivity contribution in [2.75, 3.05) is 11.5 Å². The molecule has 0 spiro atoms. The molecular formula is C23H23N7O6S2. The molecule has 2 aromatic heterocycles. The Bertz CT molecular complexity index is 1360. The zero-order chi connectivity index (χ0) is 26.8. The van der Waals surface area contributed by atoms with E-state index in [2.05, 4.69) is 19.8 Å². The molecule has 5 rings (SSSR count). The van der Waals surface area contributed by atoms with Crippen LogP contribution in [0.25, 0.3) is 0 Å². The van der Waals surface area contributed by atoms with Gasteiger partial charge < -0.3 is 30.9 Å². The summed E-state index contributed by atoms with van der Waals surface area (Å²) in [5.41, 5.74) is 6.44. The molecule has 0 aromatic carbocycles. The van der Waals surface area contributed by atoms with Crippen LogP contribution in [-0.4, -0.2) is 66.1 Å². The zero-order valence-electron chi connectivity index (χ0n) is 19.9. The monoisotopic (exact) mass is 557 g/mol. The summed E-state index contributed by atoms with van der Waals surface area (Å²) in [4.78, 5) is 48.9. The summed E-state index contributed by atoms with van der Waals surface area (Å²) >= 11 is 2.21. The second-order valence-electron chi connectivity index (χ2n) is 8.68. The molecule has 15 heteroatoms. The highest BCUT2D eigenvalue weighted by atomic mass is 32.2. The molecule has 2 aromatic rings. The second-order valence-corrected chi connectivity index (χ2v) is 10.6. The Balaban J connectivity index is 1.33. The number of fused-ring (bicyclic) bond motifs is 1. The SMILES string of the molecule is Nc1nc(/C(=N/OC2C=CCC2)C(=O)NC2C(=O)N3C(C(=O)[O-])=C(C[n+]4ccc(CO)cc4)CS[C@H]23)ns1. The van der Waals surface area contributed by atoms with E-state index in [0.717, 1.165) is 22.9 Å². The number of anilines is 1. The summed E-state index contributed by atoms with van der Waals surface area (Å²) in [5.74, 6) is -2.53. The first-order chi connectivity index (χ1) is 18.4. The lowest BCUT2D eigenvalue weighted by Crippen LogP contribution is -2.71. The normalized spacial score (nSPS) is 22.8. The van der Waals surface area contributed by atoms with Crippen LogP contribution >= 0.6 is 23.3 Å². The molecule has 0 radical (unpaired) electrons. The lowest BCUT2D eigenvalue weighted by Gasteiger charge is -2.50. The number of nitrogens with two attached hydrogens (primary N) is 1. The van der Waals surface area contributed by atoms with Gasteiger partial charge in [-0.15, -0.1) is 11.8 Å². The number of allylic oxidation sites excluding steroid dienone is 1. The minimum absolute atomic E-state index is 0.0336. The fourth-order valence-corrected chi connectivity index (χ4v) is 6.02. The third-order valence-electron chi connectivity index (χ3n) is 6.16. The van der Waals surface area contributed by atoms with Crippen LogP contribution in [0.5, 0.6) is 0 Å². The Hall–Kier alpha value is -3.82. The predicted molar refractivity (Wildman–Crippen MR) is 134 cm³/mol. The molecule has 2 amide bonds. The van der Waals surface area contributed by atoms with Gasteiger partial charge in [0, 0.05) is 35.0 Å². The van der Waals surface area contributed by atoms with Gasteiger partial charge in [-0.1, -0.05) is 11.2 Å². The standard InChI is InChI=1S/C23H23N7O6S2/c24-23-26-18(28-38-23)15(27-36-14-3-1-2-4-14)19(32)25-16-20(33)30-17(22(34)35)13(11-37-21(16)30)9-29-7-5-12(10-31)6-8-29/h1,3,5-8,14,16,21,31H,2,4,9-11H2,(H3-,24,25,26,28,32,34,35)/b27-15-/t14?,16?,21-/m1/s1. The first-order valence-corrected chi connectivity index (χ1v) is 13.5. The van der Waals surface area contributed by atoms with Gasteiger partial charge in [0.1, 0.15) is 17.5 Å². The van der Waals surface area contributed by atoms with Gasteiger partial charge in [0.2, 0.25) is 11.5 Å². The van der Waals surface area contributed by atoms with Crippen LogP contribution in [0.1, 0.15) is 24.2 Å². The second kappa shape index (κ2) is 10.9. The van der Waals surface area contributed by atoms with Gasteiger partial charge in [0.25, 0.3) is 11.8 Å². The molecule has 2 unspecified atom stereocenters. The average molecular weight is 558 g/mol. The molecular weight excluding hydrogens is 534 g/mol. The Morgan fingerprint density at radius 2 is 2.16 bits per heavy atom. The van der Waals surface area contributed by atoms with E-state index in [1.54, 1.807) is 29.1 Å². The summed E-state index contributed by atoms with van der Waals surface area (Å²) in [6.07, 6.45) is 8.45. The summed E-state index contributed by atoms with van der Waals surface area (Å²) in [5, 5.41) is 27.4. The number of nitrogens with zero attached hydrogens (tertiary/aromatic N) is 5. The number of carboxylic acid groups (broad SMARTS) is 1. The number of β-lactam (4-membered cyclic amide) rings is 1. The third-order valence-corrected chi connectivity index (χ3v) is 8.04. The number of nitrogens with one attached hydrogen (secondary N) is 1. The van der Waals surface area contributed by atoms with E-state index in [4.69, 9.17) is 10.6 Å². The highest BCUT2D eigenvalue weighted by Gasteiger charge is 2.53. The maximum absolute atomic E-state index is 13.2. The van der Waals surface area contributed by atoms with Crippen molar-refractivity contribution < 1.29 is 34.0 Å². The van der Waals surface area contributed by atoms with Gasteiger partial charge in [-0.05, 0) is 24.5 Å². The summed E-state index contributed by atoms with van der Waals surface area (Å²) in [7, 11) is 0. The lowest BCUT2D eigenvalue weighted by atomic mass is 10.0. The van der Waals surface area contributed by atoms with Crippen LogP contribution in [-0.2, 0) is 32.4 Å². The number of aromatic nitrogens is 3. The van der Waals surface area contributed by atoms with Crippen molar-refractivity contribution >= 4 is 51.9 Å². The van der Waals surface area contributed by atoms with Gasteiger partial charge in [-0.2, -0.15) is 9.36 Å². The van der Waals surface area contributed by atoms with Crippen molar-refractivity contribution in [3.63, 3.8) is 0 Å². The molecule has 4 heterocycles. The van der Waals surface area contributed by atoms with Crippen LogP contribution in [0.3, 0.4) is 0 Å². The zero-order valence-corrected chi connectivity index (χ0v) is 21.5. The van der Waals surface area contributed by atoms with Crippen molar-refractivity contribution in [3.8, 4) is 0 Å². The molecule has 0 saturated carbocycles. The molecule has 3 atom stereocenters. The van der Waals surface area contributed by atoms with E-state index >= 15 is 0 Å². The van der Waals surface area contributed by atoms with E-state index in [1.807, 2.05) is 12.2 Å². The summed E-state index contributed by atoms with van der Waals surface area (Å²) in [6.45, 7) is 0.110. The number of hydrogen-bond donors (Lipinski definition) is 3. The van der Waals surface area contributed by atoms with Crippen molar-refractivity contribution in [1.82, 2.24) is 19.6 Å². The number of oxime groups is 1. The Kier molecular flexibility index (Phi) is 7.40. The third kappa shape index (κ3) is 5.12. The number of aliphatic carboxylic acids is 1. The minimum Gasteiger partial charge on any atom is -0.543 e. The van der Waals surface area contributed by atoms with E-state index in [9.17, 15) is 24.6 Å². The molecule has 38 heavy (non-hydrogen) atoms. The van der Waals surface area contributed by atoms with Crippen molar-refractivity contribution in [2.45, 2.75) is 43.5 Å². The fourth-order valence-electron chi connectivity index (χ4n) is 4.25. The first-order valence-electron chi connectivity index (χ1n) is 11.6. The number of aliphatic hydroxyl groups is 1. The number of carbonyl (C=O) groups is 3. The number of rotatable bonds is 9. The van der Waals surface area contributed by atoms with Crippen LogP contribution in [0.4, 0.5) is 5.13 Å². The lowest BCUT2D eigenvalue weighted by molar-refractivity contribution is -0.689. The van der Waals surface area contributed by atoms with Crippen LogP contribution < -0.4 is 20.7 Å². The van der Waals surface area contributed by atoms with Gasteiger partial charge in [0.15, 0.2) is 24.1 Å². The van der Waals surface area contributed by atoms with E-state index in [1.165, 1.54) is 11.8 Å². The van der Waals surface area contributed by atoms with E-state index < -0.39 is 29.2 Å². The highest BCUT2D eigenvalue weighted by Crippen LogP contribution is 2.40. The molecule has 3 aliphatic rings. The molecule has 4 N–H and O–H groups in total. The topological polar surface area (TPSA) is 187 Å². The Labute approximate surface area is 224 Å². The van der Waals surface area contributed by atoms with Gasteiger partial charge in [0.05, 0.1) is 18.3 Å². The molecule has 1 saturated heterocycles. The number of hydrogen-bond acceptors (Lipinski definition) is 12. The quantitative estimate of drug-likeness (QED) is 0.107. The molecule has 198 valence electrons. The molecule has 1 fully saturated rings. The van der Waals surface area contributed by atoms with Crippen molar-refractivity contribution in [1.29, 1.82) is 0 Å². The fraction of sp³-hybridized carbons (Fsp3) is 0.348. The van der Waals surface area contributed by atoms with E-state index in [0.29, 0.717) is 23.3 Å². The number of aliphatic hydroxyl groups excluding tert-OH is 1. The molecule has 1 aliphatic carbocycles. The van der Waals surface area contributed by atoms with Crippen molar-refractivity contribution in [2.24, 2.45) is 5.16 Å². The first kappa shape index (κ1) is 25.8. The number of carboxylic acids is 1. The number of thioether (sulfide) groups is 1. The van der Waals surface area contributed by atoms with E-state index in [-0.39, 0.29) is 41.6 Å². The average Bonchev–Trinajstić information content (AvgIpc) is 3.59. The highest BCUT2D eigenvalue weighted by molar-refractivity contribution is 8.00. The number of nitrogen functional groups attached to an aromatic ring is 1. The van der Waals surface area contributed by atoms with Crippen LogP contribution in [0.15, 0.2) is 53.1 Å². The number of pyridine rings is 1. The summed E-state index contributed by atoms with van der Waals surface area (Å²) < 4.78 is 5.78. The molecule has 2 aliphatic heterocycles. The van der Waals surface area contributed by atoms with Gasteiger partial charge >= 0.3 is 0 Å². The Morgan fingerprint density at radius 1 is 1.37 bits per heavy atom. The minimum atomic E-state index is -1.47. The smallest absolute Gasteiger partial charge is 0.278 e. The Morgan fingerprint density at radius 3 is 2.79 bits per heavy atom. The maximum atomic E-state index is 13.2. The van der Waals surface area contributed by atoms with Crippen LogP contribution in [0, 0.1) is 0 Å². The van der Waals surface area contributed by atoms with Crippen LogP contribution in [0.2, 0.25) is 0 Å². The van der Waals surface area contributed by atoms with Crippen molar-refractivity contribution in [3.05, 3.63) is 59.3 Å². The largest absolute Gasteiger partial charge is 0.543 e. The molecule has 0 bridgehead atoms. The number of carbonyl (C=O) groups excluding carboxylic acids is 3. The maximum Gasteiger partial charge on any atom is 0.278 e. The van der Waals surface area contributed by atoms with Gasteiger partial charge in [-0.25, -0.2) is 4.57 Å². The van der Waals surface area contributed by atoms with Gasteiger partial charge in [-0.3, -0.25) is 14.5 Å². The molecule has 13 nitrogen and oxygen atoms in total. The predicted octanol–water partition coefficient (Wildman–Crippen LogP) is -1.56. The number of amides is 2.